The maximum absolute atomic E-state index is 2.40. The first-order valence-corrected chi connectivity index (χ1v) is 7.97. The lowest BCUT2D eigenvalue weighted by Gasteiger charge is -2.19. The third-order valence-electron chi connectivity index (χ3n) is 5.12. The largest absolute Gasteiger partial charge is 0.0622 e. The molecule has 0 heteroatoms. The lowest BCUT2D eigenvalue weighted by atomic mass is 9.86. The van der Waals surface area contributed by atoms with Crippen LogP contribution in [0.2, 0.25) is 0 Å². The average Bonchev–Trinajstić information content (AvgIpc) is 3.02. The Kier molecular flexibility index (Phi) is 3.24. The van der Waals surface area contributed by atoms with Gasteiger partial charge in [-0.3, -0.25) is 0 Å². The van der Waals surface area contributed by atoms with Crippen LogP contribution >= 0.6 is 0 Å². The molecule has 2 aromatic carbocycles. The molecule has 0 N–H and O–H groups in total. The number of hydrogen-bond acceptors (Lipinski definition) is 0. The molecule has 2 aromatic rings. The fraction of sp³-hybridized carbons (Fsp3) is 0.429. The molecule has 0 heterocycles. The Bertz CT molecular complexity index is 611. The van der Waals surface area contributed by atoms with Gasteiger partial charge >= 0.3 is 0 Å². The van der Waals surface area contributed by atoms with Crippen molar-refractivity contribution in [2.75, 3.05) is 0 Å². The van der Waals surface area contributed by atoms with E-state index in [9.17, 15) is 0 Å². The van der Waals surface area contributed by atoms with Gasteiger partial charge in [-0.15, -0.1) is 0 Å². The first-order chi connectivity index (χ1) is 9.82. The van der Waals surface area contributed by atoms with E-state index in [0.29, 0.717) is 17.3 Å². The van der Waals surface area contributed by atoms with E-state index in [1.165, 1.54) is 16.7 Å². The molecule has 0 radical (unpaired) electrons. The molecule has 0 aliphatic heterocycles. The first-order valence-electron chi connectivity index (χ1n) is 7.97. The molecule has 0 nitrogen and oxygen atoms in total. The van der Waals surface area contributed by atoms with Crippen molar-refractivity contribution in [1.29, 1.82) is 0 Å². The van der Waals surface area contributed by atoms with Crippen LogP contribution in [0.4, 0.5) is 0 Å². The highest BCUT2D eigenvalue weighted by molar-refractivity contribution is 5.43. The van der Waals surface area contributed by atoms with Gasteiger partial charge in [0.05, 0.1) is 0 Å². The third-order valence-corrected chi connectivity index (χ3v) is 5.12. The highest BCUT2D eigenvalue weighted by Crippen LogP contribution is 2.69. The first kappa shape index (κ1) is 14.4. The minimum atomic E-state index is 0.233. The third kappa shape index (κ3) is 2.52. The molecule has 0 spiro atoms. The maximum atomic E-state index is 2.40. The molecule has 1 saturated carbocycles. The van der Waals surface area contributed by atoms with Crippen molar-refractivity contribution >= 4 is 0 Å². The van der Waals surface area contributed by atoms with Crippen molar-refractivity contribution in [3.8, 4) is 0 Å². The highest BCUT2D eigenvalue weighted by Gasteiger charge is 2.58. The van der Waals surface area contributed by atoms with E-state index in [4.69, 9.17) is 0 Å². The summed E-state index contributed by atoms with van der Waals surface area (Å²) >= 11 is 0. The molecule has 1 fully saturated rings. The predicted octanol–water partition coefficient (Wildman–Crippen LogP) is 5.89. The van der Waals surface area contributed by atoms with E-state index >= 15 is 0 Å². The van der Waals surface area contributed by atoms with Gasteiger partial charge in [-0.1, -0.05) is 89.2 Å². The Labute approximate surface area is 129 Å². The Morgan fingerprint density at radius 1 is 0.714 bits per heavy atom. The zero-order chi connectivity index (χ0) is 15.3. The monoisotopic (exact) mass is 278 g/mol. The van der Waals surface area contributed by atoms with Crippen LogP contribution in [0.5, 0.6) is 0 Å². The van der Waals surface area contributed by atoms with Crippen LogP contribution in [0, 0.1) is 5.41 Å². The minimum Gasteiger partial charge on any atom is -0.0622 e. The van der Waals surface area contributed by atoms with Crippen molar-refractivity contribution in [3.05, 3.63) is 71.3 Å². The van der Waals surface area contributed by atoms with Gasteiger partial charge in [0.1, 0.15) is 0 Å². The molecule has 1 aliphatic rings. The lowest BCUT2D eigenvalue weighted by molar-refractivity contribution is 0.588. The van der Waals surface area contributed by atoms with Crippen LogP contribution in [0.25, 0.3) is 0 Å². The van der Waals surface area contributed by atoms with Gasteiger partial charge in [0.15, 0.2) is 0 Å². The normalized spacial score (nSPS) is 23.9. The van der Waals surface area contributed by atoms with Crippen molar-refractivity contribution < 1.29 is 0 Å². The van der Waals surface area contributed by atoms with E-state index in [2.05, 4.69) is 89.2 Å². The molecule has 110 valence electrons. The Morgan fingerprint density at radius 3 is 1.67 bits per heavy atom. The molecule has 0 amide bonds. The molecule has 3 rings (SSSR count). The number of rotatable bonds is 2. The molecular weight excluding hydrogens is 252 g/mol. The average molecular weight is 278 g/mol. The summed E-state index contributed by atoms with van der Waals surface area (Å²) < 4.78 is 0. The molecule has 21 heavy (non-hydrogen) atoms. The van der Waals surface area contributed by atoms with Gasteiger partial charge in [0, 0.05) is 0 Å². The van der Waals surface area contributed by atoms with Gasteiger partial charge in [0.2, 0.25) is 0 Å². The molecule has 1 aliphatic carbocycles. The van der Waals surface area contributed by atoms with Gasteiger partial charge < -0.3 is 0 Å². The highest BCUT2D eigenvalue weighted by atomic mass is 14.6. The van der Waals surface area contributed by atoms with Gasteiger partial charge in [0.25, 0.3) is 0 Å². The minimum absolute atomic E-state index is 0.233. The van der Waals surface area contributed by atoms with E-state index in [1.807, 2.05) is 0 Å². The summed E-state index contributed by atoms with van der Waals surface area (Å²) in [5.41, 5.74) is 4.98. The second-order valence-electron chi connectivity index (χ2n) is 8.06. The number of benzene rings is 2. The van der Waals surface area contributed by atoms with E-state index in [1.54, 1.807) is 0 Å². The van der Waals surface area contributed by atoms with E-state index < -0.39 is 0 Å². The summed E-state index contributed by atoms with van der Waals surface area (Å²) in [6.45, 7) is 11.6. The quantitative estimate of drug-likeness (QED) is 0.642. The van der Waals surface area contributed by atoms with E-state index in [-0.39, 0.29) is 5.41 Å². The molecular formula is C21H26. The summed E-state index contributed by atoms with van der Waals surface area (Å²) in [6, 6.07) is 20.3. The van der Waals surface area contributed by atoms with Crippen molar-refractivity contribution in [2.45, 2.75) is 51.9 Å². The van der Waals surface area contributed by atoms with E-state index in [0.717, 1.165) is 0 Å². The van der Waals surface area contributed by atoms with Crippen LogP contribution in [-0.2, 0) is 5.41 Å². The summed E-state index contributed by atoms with van der Waals surface area (Å²) in [6.07, 6.45) is 0. The smallest absolute Gasteiger partial charge is 0.00304 e. The standard InChI is InChI=1S/C21H26/c1-20(2,3)17-13-11-16(12-14-17)19-18(21(19,4)5)15-9-7-6-8-10-15/h6-14,18-19H,1-5H3. The van der Waals surface area contributed by atoms with Gasteiger partial charge in [-0.05, 0) is 39.4 Å². The molecule has 2 unspecified atom stereocenters. The van der Waals surface area contributed by atoms with Crippen LogP contribution in [-0.4, -0.2) is 0 Å². The predicted molar refractivity (Wildman–Crippen MR) is 90.8 cm³/mol. The molecule has 2 atom stereocenters. The molecule has 0 aromatic heterocycles. The second-order valence-corrected chi connectivity index (χ2v) is 8.06. The Balaban J connectivity index is 1.88. The van der Waals surface area contributed by atoms with Crippen LogP contribution in [0.3, 0.4) is 0 Å². The lowest BCUT2D eigenvalue weighted by Crippen LogP contribution is -2.10. The SMILES string of the molecule is CC(C)(C)c1ccc(C2C(c3ccccc3)C2(C)C)cc1. The van der Waals surface area contributed by atoms with Crippen LogP contribution in [0.15, 0.2) is 54.6 Å². The molecule has 0 saturated heterocycles. The van der Waals surface area contributed by atoms with Crippen LogP contribution in [0.1, 0.15) is 63.1 Å². The van der Waals surface area contributed by atoms with Crippen LogP contribution < -0.4 is 0 Å². The zero-order valence-electron chi connectivity index (χ0n) is 13.9. The van der Waals surface area contributed by atoms with Gasteiger partial charge in [-0.2, -0.15) is 0 Å². The van der Waals surface area contributed by atoms with Crippen molar-refractivity contribution in [1.82, 2.24) is 0 Å². The topological polar surface area (TPSA) is 0 Å². The summed E-state index contributed by atoms with van der Waals surface area (Å²) in [4.78, 5) is 0. The fourth-order valence-corrected chi connectivity index (χ4v) is 3.73. The summed E-state index contributed by atoms with van der Waals surface area (Å²) in [5, 5.41) is 0. The Morgan fingerprint density at radius 2 is 1.19 bits per heavy atom. The molecule has 0 bridgehead atoms. The van der Waals surface area contributed by atoms with Gasteiger partial charge in [-0.25, -0.2) is 0 Å². The second kappa shape index (κ2) is 4.73. The number of hydrogen-bond donors (Lipinski definition) is 0. The zero-order valence-corrected chi connectivity index (χ0v) is 13.9. The summed E-state index contributed by atoms with van der Waals surface area (Å²) in [5.74, 6) is 1.30. The van der Waals surface area contributed by atoms with Crippen molar-refractivity contribution in [2.24, 2.45) is 5.41 Å². The van der Waals surface area contributed by atoms with Crippen molar-refractivity contribution in [3.63, 3.8) is 0 Å². The fourth-order valence-electron chi connectivity index (χ4n) is 3.73. The maximum Gasteiger partial charge on any atom is -0.00304 e. The Hall–Kier alpha value is -1.56. The summed E-state index contributed by atoms with van der Waals surface area (Å²) in [7, 11) is 0.